The molecule has 0 aliphatic rings. The maximum Gasteiger partial charge on any atom is 0.338 e. The minimum Gasteiger partial charge on any atom is -0.456 e. The molecule has 0 atom stereocenters. The topological polar surface area (TPSA) is 26.3 Å². The lowest BCUT2D eigenvalue weighted by atomic mass is 10.1. The molecule has 0 unspecified atom stereocenters. The largest absolute Gasteiger partial charge is 0.456 e. The summed E-state index contributed by atoms with van der Waals surface area (Å²) in [6.45, 7) is 7.54. The molecule has 0 radical (unpaired) electrons. The molecule has 0 aliphatic carbocycles. The van der Waals surface area contributed by atoms with E-state index in [0.717, 1.165) is 5.56 Å². The molecule has 0 spiro atoms. The zero-order valence-corrected chi connectivity index (χ0v) is 9.13. The molecule has 0 saturated carbocycles. The Morgan fingerprint density at radius 2 is 1.87 bits per heavy atom. The zero-order chi connectivity index (χ0) is 10.8. The van der Waals surface area contributed by atoms with Gasteiger partial charge in [-0.25, -0.2) is 4.79 Å². The van der Waals surface area contributed by atoms with Crippen LogP contribution in [0.3, 0.4) is 0 Å². The molecule has 0 N–H and O–H groups in total. The van der Waals surface area contributed by atoms with Gasteiger partial charge >= 0.3 is 5.97 Å². The van der Waals surface area contributed by atoms with Gasteiger partial charge in [0.1, 0.15) is 5.60 Å². The third kappa shape index (κ3) is 5.02. The third-order valence-corrected chi connectivity index (χ3v) is 1.65. The zero-order valence-electron chi connectivity index (χ0n) is 9.13. The first-order valence-corrected chi connectivity index (χ1v) is 4.68. The quantitative estimate of drug-likeness (QED) is 0.534. The van der Waals surface area contributed by atoms with Crippen molar-refractivity contribution in [3.8, 4) is 0 Å². The number of carbonyl (C=O) groups is 1. The molecule has 2 nitrogen and oxygen atoms in total. The van der Waals surface area contributed by atoms with Gasteiger partial charge in [0.05, 0.1) is 5.56 Å². The Hall–Kier alpha value is -0.778. The highest BCUT2D eigenvalue weighted by atomic mass is 27.0. The van der Waals surface area contributed by atoms with Gasteiger partial charge in [-0.05, 0) is 39.8 Å². The molecule has 0 amide bonds. The van der Waals surface area contributed by atoms with Gasteiger partial charge in [-0.2, -0.15) is 0 Å². The van der Waals surface area contributed by atoms with E-state index in [1.807, 2.05) is 45.9 Å². The van der Waals surface area contributed by atoms with Crippen LogP contribution in [0.25, 0.3) is 0 Å². The Morgan fingerprint density at radius 3 is 2.33 bits per heavy atom. The standard InChI is InChI=1S/C12H16O2.Al.3H/c1-9-6-5-7-10(8-9)11(13)14-12(2,3)4;;;;/h5-8H,1-4H3;;;;. The maximum absolute atomic E-state index is 11.6. The monoisotopic (exact) mass is 222 g/mol. The summed E-state index contributed by atoms with van der Waals surface area (Å²) in [5.41, 5.74) is 1.24. The number of benzene rings is 1. The summed E-state index contributed by atoms with van der Waals surface area (Å²) in [6.07, 6.45) is 0. The smallest absolute Gasteiger partial charge is 0.338 e. The van der Waals surface area contributed by atoms with Crippen LogP contribution in [0.4, 0.5) is 0 Å². The lowest BCUT2D eigenvalue weighted by molar-refractivity contribution is 0.00694. The molecule has 1 aromatic carbocycles. The maximum atomic E-state index is 11.6. The average Bonchev–Trinajstić information content (AvgIpc) is 2.01. The van der Waals surface area contributed by atoms with Crippen LogP contribution in [0, 0.1) is 6.92 Å². The first-order chi connectivity index (χ1) is 6.38. The van der Waals surface area contributed by atoms with Crippen molar-refractivity contribution in [2.75, 3.05) is 0 Å². The fraction of sp³-hybridized carbons (Fsp3) is 0.417. The number of rotatable bonds is 1. The van der Waals surface area contributed by atoms with Gasteiger partial charge in [0, 0.05) is 0 Å². The van der Waals surface area contributed by atoms with Crippen LogP contribution in [0.5, 0.6) is 0 Å². The molecule has 0 fully saturated rings. The summed E-state index contributed by atoms with van der Waals surface area (Å²) >= 11 is 0. The van der Waals surface area contributed by atoms with Gasteiger partial charge in [0.2, 0.25) is 0 Å². The molecular formula is C12H19AlO2. The summed E-state index contributed by atoms with van der Waals surface area (Å²) in [6, 6.07) is 7.40. The molecule has 0 saturated heterocycles. The Kier molecular flexibility index (Phi) is 5.07. The molecule has 0 aliphatic heterocycles. The molecule has 82 valence electrons. The highest BCUT2D eigenvalue weighted by Crippen LogP contribution is 2.12. The second kappa shape index (κ2) is 5.35. The van der Waals surface area contributed by atoms with E-state index in [1.165, 1.54) is 0 Å². The van der Waals surface area contributed by atoms with Crippen LogP contribution < -0.4 is 0 Å². The number of hydrogen-bond donors (Lipinski definition) is 0. The Labute approximate surface area is 102 Å². The highest BCUT2D eigenvalue weighted by Gasteiger charge is 2.17. The summed E-state index contributed by atoms with van der Waals surface area (Å²) in [5.74, 6) is -0.263. The van der Waals surface area contributed by atoms with Crippen molar-refractivity contribution in [3.05, 3.63) is 35.4 Å². The summed E-state index contributed by atoms with van der Waals surface area (Å²) in [7, 11) is 0. The van der Waals surface area contributed by atoms with Gasteiger partial charge in [0.15, 0.2) is 17.4 Å². The van der Waals surface area contributed by atoms with Crippen LogP contribution in [-0.4, -0.2) is 28.9 Å². The van der Waals surface area contributed by atoms with Crippen molar-refractivity contribution >= 4 is 23.3 Å². The fourth-order valence-electron chi connectivity index (χ4n) is 1.11. The molecule has 1 rings (SSSR count). The minimum atomic E-state index is -0.430. The minimum absolute atomic E-state index is 0. The van der Waals surface area contributed by atoms with E-state index in [2.05, 4.69) is 0 Å². The van der Waals surface area contributed by atoms with E-state index in [-0.39, 0.29) is 23.3 Å². The van der Waals surface area contributed by atoms with E-state index in [0.29, 0.717) is 5.56 Å². The second-order valence-corrected chi connectivity index (χ2v) is 4.37. The van der Waals surface area contributed by atoms with E-state index in [1.54, 1.807) is 6.07 Å². The predicted molar refractivity (Wildman–Crippen MR) is 66.3 cm³/mol. The van der Waals surface area contributed by atoms with Crippen LogP contribution in [0.2, 0.25) is 0 Å². The van der Waals surface area contributed by atoms with E-state index < -0.39 is 5.60 Å². The van der Waals surface area contributed by atoms with Crippen LogP contribution in [0.15, 0.2) is 24.3 Å². The lowest BCUT2D eigenvalue weighted by Crippen LogP contribution is -2.23. The van der Waals surface area contributed by atoms with Crippen LogP contribution in [-0.2, 0) is 4.74 Å². The lowest BCUT2D eigenvalue weighted by Gasteiger charge is -2.19. The Morgan fingerprint density at radius 1 is 1.27 bits per heavy atom. The summed E-state index contributed by atoms with van der Waals surface area (Å²) < 4.78 is 5.24. The number of hydrogen-bond acceptors (Lipinski definition) is 2. The third-order valence-electron chi connectivity index (χ3n) is 1.65. The van der Waals surface area contributed by atoms with Gasteiger partial charge in [-0.3, -0.25) is 0 Å². The van der Waals surface area contributed by atoms with Crippen molar-refractivity contribution in [3.63, 3.8) is 0 Å². The highest BCUT2D eigenvalue weighted by molar-refractivity contribution is 5.89. The number of ether oxygens (including phenoxy) is 1. The molecule has 0 aromatic heterocycles. The molecule has 3 heteroatoms. The average molecular weight is 222 g/mol. The van der Waals surface area contributed by atoms with E-state index >= 15 is 0 Å². The van der Waals surface area contributed by atoms with Gasteiger partial charge in [0.25, 0.3) is 0 Å². The number of esters is 1. The summed E-state index contributed by atoms with van der Waals surface area (Å²) in [4.78, 5) is 11.6. The second-order valence-electron chi connectivity index (χ2n) is 4.37. The van der Waals surface area contributed by atoms with Crippen molar-refractivity contribution in [1.82, 2.24) is 0 Å². The van der Waals surface area contributed by atoms with Gasteiger partial charge in [-0.15, -0.1) is 0 Å². The van der Waals surface area contributed by atoms with Crippen molar-refractivity contribution in [2.45, 2.75) is 33.3 Å². The Bertz CT molecular complexity index is 340. The summed E-state index contributed by atoms with van der Waals surface area (Å²) in [5, 5.41) is 0. The first kappa shape index (κ1) is 14.2. The molecule has 1 aromatic rings. The SMILES string of the molecule is Cc1cccc(C(=O)OC(C)(C)C)c1.[AlH3]. The molecular weight excluding hydrogens is 203 g/mol. The van der Waals surface area contributed by atoms with Crippen LogP contribution >= 0.6 is 0 Å². The van der Waals surface area contributed by atoms with Crippen LogP contribution in [0.1, 0.15) is 36.7 Å². The molecule has 15 heavy (non-hydrogen) atoms. The molecule has 0 bridgehead atoms. The van der Waals surface area contributed by atoms with Crippen molar-refractivity contribution < 1.29 is 9.53 Å². The van der Waals surface area contributed by atoms with Crippen molar-refractivity contribution in [1.29, 1.82) is 0 Å². The van der Waals surface area contributed by atoms with Gasteiger partial charge in [-0.1, -0.05) is 17.7 Å². The number of carbonyl (C=O) groups excluding carboxylic acids is 1. The van der Waals surface area contributed by atoms with E-state index in [4.69, 9.17) is 4.74 Å². The van der Waals surface area contributed by atoms with Crippen molar-refractivity contribution in [2.24, 2.45) is 0 Å². The number of aryl methyl sites for hydroxylation is 1. The first-order valence-electron chi connectivity index (χ1n) is 4.68. The Balaban J connectivity index is 0.00000196. The predicted octanol–water partition coefficient (Wildman–Crippen LogP) is 1.77. The van der Waals surface area contributed by atoms with Gasteiger partial charge < -0.3 is 4.74 Å². The normalized spacial score (nSPS) is 10.4. The fourth-order valence-corrected chi connectivity index (χ4v) is 1.11. The van der Waals surface area contributed by atoms with E-state index in [9.17, 15) is 4.79 Å². The molecule has 0 heterocycles.